The van der Waals surface area contributed by atoms with E-state index in [2.05, 4.69) is 10.6 Å². The van der Waals surface area contributed by atoms with Crippen LogP contribution in [0.25, 0.3) is 0 Å². The molecule has 2 saturated heterocycles. The fourth-order valence-electron chi connectivity index (χ4n) is 10.5. The van der Waals surface area contributed by atoms with Crippen molar-refractivity contribution in [3.05, 3.63) is 35.9 Å². The molecule has 16 nitrogen and oxygen atoms in total. The van der Waals surface area contributed by atoms with Gasteiger partial charge in [0.2, 0.25) is 41.4 Å². The quantitative estimate of drug-likeness (QED) is 0.0420. The fraction of sp³-hybridized carbons (Fsp3) is 0.741. The van der Waals surface area contributed by atoms with E-state index in [-0.39, 0.29) is 89.1 Å². The maximum absolute atomic E-state index is 14.5. The third-order valence-corrected chi connectivity index (χ3v) is 16.5. The van der Waals surface area contributed by atoms with Crippen molar-refractivity contribution >= 4 is 67.2 Å². The number of thioether (sulfide) groups is 1. The highest BCUT2D eigenvalue weighted by Gasteiger charge is 2.56. The van der Waals surface area contributed by atoms with Gasteiger partial charge < -0.3 is 39.6 Å². The Morgan fingerprint density at radius 3 is 2.21 bits per heavy atom. The number of likely N-dealkylation sites (N-methyl/N-ethyl adjacent to an activating group) is 2. The average molecular weight is 1020 g/mol. The molecule has 3 fully saturated rings. The summed E-state index contributed by atoms with van der Waals surface area (Å²) in [4.78, 5) is 113. The van der Waals surface area contributed by atoms with Crippen LogP contribution in [0.3, 0.4) is 0 Å². The number of rotatable bonds is 31. The van der Waals surface area contributed by atoms with E-state index in [0.717, 1.165) is 43.3 Å². The van der Waals surface area contributed by atoms with Crippen molar-refractivity contribution in [2.24, 2.45) is 23.2 Å². The van der Waals surface area contributed by atoms with Crippen molar-refractivity contribution < 1.29 is 47.8 Å². The third-order valence-electron chi connectivity index (χ3n) is 15.2. The van der Waals surface area contributed by atoms with E-state index in [4.69, 9.17) is 17.3 Å². The zero-order valence-electron chi connectivity index (χ0n) is 45.1. The second kappa shape index (κ2) is 27.8. The standard InChI is InChI=1S/C54H85BN6O10S/c1-12-36(4)48(41(70-10)29-44(64)61-34-54(24-25-54)31-40(61)49(71-11)37(5)50(67)57-39(33-62)28-38-20-15-13-16-21-38)59(9)46(66)32-56-51(68)47(35(2)3)58(8)43(63)22-17-14-18-26-60-45(65)30-42(52(60)69)72-27-19-23-53(6,7)55/h13,15-16,20-21,33,35-37,39-42,47-49H,12,14,17-19,22-32,34H2,1-11H3,(H,56,68)(H,57,67)/t36-,37+,39-,40-,41?,42?,47-,48-,49?/m0/s1. The van der Waals surface area contributed by atoms with Gasteiger partial charge in [-0.05, 0) is 73.5 Å². The topological polar surface area (TPSA) is 192 Å². The summed E-state index contributed by atoms with van der Waals surface area (Å²) < 4.78 is 12.1. The van der Waals surface area contributed by atoms with Gasteiger partial charge in [0, 0.05) is 54.2 Å². The Morgan fingerprint density at radius 1 is 0.944 bits per heavy atom. The molecule has 3 unspecified atom stereocenters. The Labute approximate surface area is 435 Å². The highest BCUT2D eigenvalue weighted by Crippen LogP contribution is 2.56. The van der Waals surface area contributed by atoms with Crippen molar-refractivity contribution in [2.45, 2.75) is 179 Å². The molecule has 2 aliphatic heterocycles. The van der Waals surface area contributed by atoms with E-state index in [9.17, 15) is 38.4 Å². The minimum Gasteiger partial charge on any atom is -0.379 e. The molecule has 72 heavy (non-hydrogen) atoms. The van der Waals surface area contributed by atoms with E-state index < -0.39 is 48.2 Å². The molecule has 7 amide bonds. The summed E-state index contributed by atoms with van der Waals surface area (Å²) in [6, 6.07) is 6.96. The highest BCUT2D eigenvalue weighted by molar-refractivity contribution is 8.00. The van der Waals surface area contributed by atoms with Crippen molar-refractivity contribution in [3.63, 3.8) is 0 Å². The molecular weight excluding hydrogens is 936 g/mol. The summed E-state index contributed by atoms with van der Waals surface area (Å²) in [6.07, 6.45) is 6.79. The normalized spacial score (nSPS) is 20.4. The molecule has 1 aliphatic carbocycles. The Bertz CT molecular complexity index is 2000. The number of carbonyl (C=O) groups excluding carboxylic acids is 8. The number of hydrogen-bond donors (Lipinski definition) is 2. The Hall–Kier alpha value is -4.29. The monoisotopic (exact) mass is 1020 g/mol. The van der Waals surface area contributed by atoms with Crippen LogP contribution in [0.1, 0.15) is 131 Å². The first-order chi connectivity index (χ1) is 34.0. The Balaban J connectivity index is 1.31. The predicted octanol–water partition coefficient (Wildman–Crippen LogP) is 5.39. The zero-order valence-corrected chi connectivity index (χ0v) is 45.9. The Morgan fingerprint density at radius 2 is 1.62 bits per heavy atom. The molecule has 1 saturated carbocycles. The van der Waals surface area contributed by atoms with Crippen LogP contribution in [0.5, 0.6) is 0 Å². The van der Waals surface area contributed by atoms with Crippen LogP contribution in [0.2, 0.25) is 5.31 Å². The highest BCUT2D eigenvalue weighted by atomic mass is 32.2. The molecule has 400 valence electrons. The number of benzene rings is 1. The first kappa shape index (κ1) is 60.3. The van der Waals surface area contributed by atoms with E-state index >= 15 is 0 Å². The largest absolute Gasteiger partial charge is 0.379 e. The third kappa shape index (κ3) is 16.9. The first-order valence-corrected chi connectivity index (χ1v) is 27.2. The van der Waals surface area contributed by atoms with Gasteiger partial charge in [0.05, 0.1) is 62.3 Å². The number of aldehydes is 1. The molecule has 9 atom stereocenters. The molecule has 18 heteroatoms. The number of amides is 7. The number of unbranched alkanes of at least 4 members (excludes halogenated alkanes) is 2. The van der Waals surface area contributed by atoms with Crippen LogP contribution >= 0.6 is 11.8 Å². The number of likely N-dealkylation sites (tertiary alicyclic amines) is 2. The molecule has 1 aromatic carbocycles. The van der Waals surface area contributed by atoms with E-state index in [0.29, 0.717) is 51.6 Å². The molecule has 4 rings (SSSR count). The molecular formula is C54H85BN6O10S. The maximum atomic E-state index is 14.5. The molecule has 2 N–H and O–H groups in total. The molecule has 2 radical (unpaired) electrons. The van der Waals surface area contributed by atoms with Crippen LogP contribution in [-0.4, -0.2) is 170 Å². The van der Waals surface area contributed by atoms with Crippen molar-refractivity contribution in [1.29, 1.82) is 0 Å². The number of methoxy groups -OCH3 is 2. The van der Waals surface area contributed by atoms with Crippen molar-refractivity contribution in [1.82, 2.24) is 30.2 Å². The molecule has 0 aromatic heterocycles. The van der Waals surface area contributed by atoms with E-state index in [1.807, 2.05) is 76.8 Å². The fourth-order valence-corrected chi connectivity index (χ4v) is 11.7. The number of imide groups is 1. The SMILES string of the molecule is [B]C(C)(C)CCCSC1CC(=O)N(CCCCCC(=O)N(C)[C@H](C(=O)NCC(=O)N(C)[C@H](C(CC(=O)N2CC3(CC3)C[C@H]2C(OC)[C@@H](C)C(=O)N[C@H](C=O)Cc2ccccc2)OC)[C@@H](C)CC)C(C)C)C1=O. The van der Waals surface area contributed by atoms with Crippen LogP contribution in [0, 0.1) is 23.2 Å². The van der Waals surface area contributed by atoms with Gasteiger partial charge >= 0.3 is 0 Å². The summed E-state index contributed by atoms with van der Waals surface area (Å²) in [6.45, 7) is 13.9. The number of hydrogen-bond acceptors (Lipinski definition) is 11. The first-order valence-electron chi connectivity index (χ1n) is 26.2. The molecule has 1 spiro atoms. The van der Waals surface area contributed by atoms with Gasteiger partial charge in [0.15, 0.2) is 0 Å². The molecule has 0 bridgehead atoms. The number of nitrogens with zero attached hydrogens (tertiary/aromatic N) is 4. The predicted molar refractivity (Wildman–Crippen MR) is 281 cm³/mol. The van der Waals surface area contributed by atoms with Crippen molar-refractivity contribution in [2.75, 3.05) is 53.7 Å². The second-order valence-electron chi connectivity index (χ2n) is 21.8. The lowest BCUT2D eigenvalue weighted by Gasteiger charge is -2.39. The van der Waals surface area contributed by atoms with Gasteiger partial charge in [0.1, 0.15) is 12.3 Å². The van der Waals surface area contributed by atoms with Gasteiger partial charge in [-0.15, -0.1) is 11.8 Å². The lowest BCUT2D eigenvalue weighted by molar-refractivity contribution is -0.146. The smallest absolute Gasteiger partial charge is 0.243 e. The average Bonchev–Trinajstić information content (AvgIpc) is 3.92. The van der Waals surface area contributed by atoms with Gasteiger partial charge in [-0.2, -0.15) is 0 Å². The van der Waals surface area contributed by atoms with Crippen LogP contribution in [0.4, 0.5) is 0 Å². The molecule has 2 heterocycles. The lowest BCUT2D eigenvalue weighted by Crippen LogP contribution is -2.56. The minimum atomic E-state index is -0.843. The van der Waals surface area contributed by atoms with E-state index in [1.54, 1.807) is 33.0 Å². The number of ether oxygens (including phenoxy) is 2. The molecule has 1 aromatic rings. The summed E-state index contributed by atoms with van der Waals surface area (Å²) in [5.74, 6) is -2.18. The summed E-state index contributed by atoms with van der Waals surface area (Å²) >= 11 is 1.51. The summed E-state index contributed by atoms with van der Waals surface area (Å²) in [5.41, 5.74) is 0.872. The van der Waals surface area contributed by atoms with Crippen LogP contribution < -0.4 is 10.6 Å². The van der Waals surface area contributed by atoms with Gasteiger partial charge in [0.25, 0.3) is 0 Å². The van der Waals surface area contributed by atoms with Crippen LogP contribution in [-0.2, 0) is 54.3 Å². The zero-order chi connectivity index (χ0) is 53.5. The maximum Gasteiger partial charge on any atom is 0.243 e. The second-order valence-corrected chi connectivity index (χ2v) is 23.2. The summed E-state index contributed by atoms with van der Waals surface area (Å²) in [5, 5.41) is 5.04. The summed E-state index contributed by atoms with van der Waals surface area (Å²) in [7, 11) is 12.4. The molecule has 3 aliphatic rings. The van der Waals surface area contributed by atoms with Crippen LogP contribution in [0.15, 0.2) is 30.3 Å². The van der Waals surface area contributed by atoms with Gasteiger partial charge in [-0.25, -0.2) is 0 Å². The Kier molecular flexibility index (Phi) is 23.3. The minimum absolute atomic E-state index is 0.0331. The van der Waals surface area contributed by atoms with E-state index in [1.165, 1.54) is 28.7 Å². The number of nitrogens with one attached hydrogen (secondary N) is 2. The van der Waals surface area contributed by atoms with Gasteiger partial charge in [-0.3, -0.25) is 38.5 Å². The van der Waals surface area contributed by atoms with Crippen molar-refractivity contribution in [3.8, 4) is 0 Å². The van der Waals surface area contributed by atoms with Gasteiger partial charge in [-0.1, -0.05) is 103 Å². The lowest BCUT2D eigenvalue weighted by atomic mass is 9.70. The number of carbonyl (C=O) groups is 8.